The van der Waals surface area contributed by atoms with E-state index in [-0.39, 0.29) is 35.9 Å². The van der Waals surface area contributed by atoms with Crippen molar-refractivity contribution in [1.82, 2.24) is 24.7 Å². The van der Waals surface area contributed by atoms with Crippen molar-refractivity contribution in [1.29, 1.82) is 0 Å². The van der Waals surface area contributed by atoms with Crippen LogP contribution in [0, 0.1) is 5.82 Å². The number of rotatable bonds is 7. The van der Waals surface area contributed by atoms with Crippen molar-refractivity contribution in [2.24, 2.45) is 7.05 Å². The van der Waals surface area contributed by atoms with Gasteiger partial charge in [0.05, 0.1) is 18.9 Å². The average molecular weight is 602 g/mol. The van der Waals surface area contributed by atoms with Crippen LogP contribution in [0.15, 0.2) is 53.7 Å². The van der Waals surface area contributed by atoms with E-state index in [1.807, 2.05) is 0 Å². The number of amides is 2. The van der Waals surface area contributed by atoms with E-state index in [9.17, 15) is 27.2 Å². The van der Waals surface area contributed by atoms with Gasteiger partial charge >= 0.3 is 12.3 Å². The van der Waals surface area contributed by atoms with Crippen LogP contribution >= 0.6 is 0 Å². The fraction of sp³-hybridized carbons (Fsp3) is 0.357. The molecule has 1 aromatic carbocycles. The third-order valence-electron chi connectivity index (χ3n) is 6.71. The summed E-state index contributed by atoms with van der Waals surface area (Å²) in [6.07, 6.45) is -0.0465. The molecule has 0 radical (unpaired) electrons. The molecular weight excluding hydrogens is 574 g/mol. The molecular formula is C28H27F4N7O4. The van der Waals surface area contributed by atoms with Gasteiger partial charge in [0.1, 0.15) is 22.7 Å². The van der Waals surface area contributed by atoms with Gasteiger partial charge in [-0.15, -0.1) is 0 Å². The first-order chi connectivity index (χ1) is 20.2. The average Bonchev–Trinajstić information content (AvgIpc) is 3.45. The predicted octanol–water partition coefficient (Wildman–Crippen LogP) is 5.85. The number of halogens is 4. The van der Waals surface area contributed by atoms with E-state index in [1.165, 1.54) is 37.1 Å². The van der Waals surface area contributed by atoms with Crippen molar-refractivity contribution in [2.45, 2.75) is 57.2 Å². The van der Waals surface area contributed by atoms with E-state index in [0.717, 1.165) is 11.0 Å². The molecule has 1 fully saturated rings. The minimum atomic E-state index is -4.49. The lowest BCUT2D eigenvalue weighted by molar-refractivity contribution is -0.165. The molecule has 5 rings (SSSR count). The highest BCUT2D eigenvalue weighted by Crippen LogP contribution is 2.59. The summed E-state index contributed by atoms with van der Waals surface area (Å²) in [7, 11) is 1.69. The maximum absolute atomic E-state index is 15.0. The number of aromatic nitrogens is 5. The number of hydrogen-bond donors (Lipinski definition) is 1. The quantitative estimate of drug-likeness (QED) is 0.261. The summed E-state index contributed by atoms with van der Waals surface area (Å²) in [6, 6.07) is 5.20. The third kappa shape index (κ3) is 6.20. The molecule has 0 spiro atoms. The second kappa shape index (κ2) is 10.8. The van der Waals surface area contributed by atoms with Gasteiger partial charge in [0.25, 0.3) is 0 Å². The molecule has 1 aliphatic carbocycles. The minimum absolute atomic E-state index is 0.00853. The highest BCUT2D eigenvalue weighted by molar-refractivity contribution is 5.93. The Kier molecular flexibility index (Phi) is 7.44. The molecule has 15 heteroatoms. The Balaban J connectivity index is 1.28. The van der Waals surface area contributed by atoms with E-state index < -0.39 is 41.4 Å². The summed E-state index contributed by atoms with van der Waals surface area (Å²) < 4.78 is 66.8. The van der Waals surface area contributed by atoms with Crippen molar-refractivity contribution in [3.05, 3.63) is 66.3 Å². The van der Waals surface area contributed by atoms with Crippen LogP contribution in [0.3, 0.4) is 0 Å². The molecule has 43 heavy (non-hydrogen) atoms. The third-order valence-corrected chi connectivity index (χ3v) is 6.71. The molecule has 4 aromatic rings. The highest BCUT2D eigenvalue weighted by Gasteiger charge is 2.66. The van der Waals surface area contributed by atoms with E-state index in [4.69, 9.17) is 9.26 Å². The van der Waals surface area contributed by atoms with Crippen molar-refractivity contribution in [2.75, 3.05) is 10.2 Å². The minimum Gasteiger partial charge on any atom is -0.443 e. The van der Waals surface area contributed by atoms with Crippen molar-refractivity contribution in [3.63, 3.8) is 0 Å². The van der Waals surface area contributed by atoms with E-state index in [1.54, 1.807) is 38.5 Å². The van der Waals surface area contributed by atoms with Crippen molar-refractivity contribution in [3.8, 4) is 11.1 Å². The smallest absolute Gasteiger partial charge is 0.423 e. The van der Waals surface area contributed by atoms with Crippen LogP contribution in [-0.2, 0) is 28.4 Å². The maximum Gasteiger partial charge on any atom is 0.423 e. The number of benzene rings is 1. The Morgan fingerprint density at radius 1 is 1.09 bits per heavy atom. The van der Waals surface area contributed by atoms with E-state index in [2.05, 4.69) is 25.4 Å². The number of anilines is 3. The van der Waals surface area contributed by atoms with E-state index in [0.29, 0.717) is 16.9 Å². The zero-order valence-electron chi connectivity index (χ0n) is 23.6. The summed E-state index contributed by atoms with van der Waals surface area (Å²) in [6.45, 7) is 5.18. The van der Waals surface area contributed by atoms with Crippen LogP contribution < -0.4 is 10.2 Å². The first-order valence-corrected chi connectivity index (χ1v) is 13.1. The number of alkyl halides is 3. The van der Waals surface area contributed by atoms with Gasteiger partial charge in [-0.1, -0.05) is 17.3 Å². The second-order valence-electron chi connectivity index (χ2n) is 11.1. The summed E-state index contributed by atoms with van der Waals surface area (Å²) in [5.74, 6) is -1.56. The Morgan fingerprint density at radius 3 is 2.35 bits per heavy atom. The lowest BCUT2D eigenvalue weighted by Gasteiger charge is -2.25. The van der Waals surface area contributed by atoms with Crippen LogP contribution in [0.2, 0.25) is 0 Å². The van der Waals surface area contributed by atoms with Crippen LogP contribution in [0.4, 0.5) is 39.9 Å². The van der Waals surface area contributed by atoms with Gasteiger partial charge in [-0.3, -0.25) is 4.79 Å². The zero-order chi connectivity index (χ0) is 31.2. The Labute approximate surface area is 242 Å². The van der Waals surface area contributed by atoms with Gasteiger partial charge in [0.2, 0.25) is 11.9 Å². The van der Waals surface area contributed by atoms with Crippen LogP contribution in [-0.4, -0.2) is 48.5 Å². The lowest BCUT2D eigenvalue weighted by atomic mass is 10.0. The Hall–Kier alpha value is -4.82. The van der Waals surface area contributed by atoms with Gasteiger partial charge < -0.3 is 19.1 Å². The maximum atomic E-state index is 15.0. The molecule has 0 atom stereocenters. The van der Waals surface area contributed by atoms with Crippen molar-refractivity contribution >= 4 is 29.6 Å². The number of nitrogens with one attached hydrogen (secondary N) is 1. The molecule has 3 aromatic heterocycles. The number of hydrogen-bond acceptors (Lipinski definition) is 8. The molecule has 11 nitrogen and oxygen atoms in total. The first-order valence-electron chi connectivity index (χ1n) is 13.1. The molecule has 3 heterocycles. The molecule has 226 valence electrons. The predicted molar refractivity (Wildman–Crippen MR) is 145 cm³/mol. The first kappa shape index (κ1) is 29.7. The topological polar surface area (TPSA) is 128 Å². The van der Waals surface area contributed by atoms with Crippen molar-refractivity contribution < 1.29 is 36.4 Å². The molecule has 1 N–H and O–H groups in total. The number of ether oxygens (including phenoxy) is 1. The highest BCUT2D eigenvalue weighted by atomic mass is 19.4. The second-order valence-corrected chi connectivity index (χ2v) is 11.1. The number of aryl methyl sites for hydroxylation is 1. The monoisotopic (exact) mass is 601 g/mol. The molecule has 2 amide bonds. The number of carbonyl (C=O) groups is 2. The van der Waals surface area contributed by atoms with Gasteiger partial charge in [0, 0.05) is 31.1 Å². The number of nitrogens with zero attached hydrogens (tertiary/aromatic N) is 6. The van der Waals surface area contributed by atoms with E-state index >= 15 is 0 Å². The molecule has 0 unspecified atom stereocenters. The number of carbonyl (C=O) groups excluding carboxylic acids is 2. The van der Waals surface area contributed by atoms with Gasteiger partial charge in [0.15, 0.2) is 11.6 Å². The summed E-state index contributed by atoms with van der Waals surface area (Å²) in [5.41, 5.74) is -1.97. The number of imidazole rings is 1. The standard InChI is InChI=1S/C28H27F4N7O4/c1-26(2,3)42-25(41)39(23-14-33-15-38(23)4)24-34-12-18(13-35-24)16-5-6-17(19(29)9-16)10-22(40)36-21-11-20(43-37-21)27(7-8-27)28(30,31)32/h5-6,9,11-15H,7-8,10H2,1-4H3,(H,36,37,40). The molecule has 0 bridgehead atoms. The SMILES string of the molecule is Cn1cncc1N(C(=O)OC(C)(C)C)c1ncc(-c2ccc(CC(=O)Nc3cc(C4(C(F)(F)F)CC4)on3)c(F)c2)cn1. The summed E-state index contributed by atoms with van der Waals surface area (Å²) in [5, 5.41) is 5.86. The van der Waals surface area contributed by atoms with Crippen LogP contribution in [0.1, 0.15) is 44.9 Å². The van der Waals surface area contributed by atoms with Crippen LogP contribution in [0.25, 0.3) is 11.1 Å². The Bertz CT molecular complexity index is 1650. The summed E-state index contributed by atoms with van der Waals surface area (Å²) in [4.78, 5) is 39.2. The van der Waals surface area contributed by atoms with Gasteiger partial charge in [-0.05, 0) is 50.8 Å². The summed E-state index contributed by atoms with van der Waals surface area (Å²) >= 11 is 0. The molecule has 1 aliphatic rings. The zero-order valence-corrected chi connectivity index (χ0v) is 23.6. The molecule has 0 aliphatic heterocycles. The largest absolute Gasteiger partial charge is 0.443 e. The lowest BCUT2D eigenvalue weighted by Crippen LogP contribution is -2.35. The molecule has 1 saturated carbocycles. The molecule has 0 saturated heterocycles. The van der Waals surface area contributed by atoms with Gasteiger partial charge in [-0.25, -0.2) is 24.1 Å². The fourth-order valence-electron chi connectivity index (χ4n) is 4.32. The van der Waals surface area contributed by atoms with Gasteiger partial charge in [-0.2, -0.15) is 18.1 Å². The Morgan fingerprint density at radius 2 is 1.79 bits per heavy atom. The normalized spacial score (nSPS) is 14.3. The fourth-order valence-corrected chi connectivity index (χ4v) is 4.32. The van der Waals surface area contributed by atoms with Crippen LogP contribution in [0.5, 0.6) is 0 Å².